The first-order chi connectivity index (χ1) is 11.5. The topological polar surface area (TPSA) is 89.9 Å². The number of hydrogen-bond acceptors (Lipinski definition) is 7. The molecular weight excluding hydrogens is 346 g/mol. The highest BCUT2D eigenvalue weighted by Gasteiger charge is 2.22. The molecule has 0 amide bonds. The van der Waals surface area contributed by atoms with Crippen LogP contribution in [0.5, 0.6) is 0 Å². The van der Waals surface area contributed by atoms with Crippen molar-refractivity contribution in [2.45, 2.75) is 16.5 Å². The molecule has 3 rings (SSSR count). The van der Waals surface area contributed by atoms with Crippen LogP contribution < -0.4 is 0 Å². The lowest BCUT2D eigenvalue weighted by Gasteiger charge is -1.99. The Bertz CT molecular complexity index is 939. The number of aromatic nitrogens is 3. The number of nitrogens with zero attached hydrogens (tertiary/aromatic N) is 3. The summed E-state index contributed by atoms with van der Waals surface area (Å²) in [6.07, 6.45) is 1.51. The van der Waals surface area contributed by atoms with Crippen molar-refractivity contribution < 1.29 is 13.2 Å². The van der Waals surface area contributed by atoms with Gasteiger partial charge >= 0.3 is 0 Å². The molecule has 0 aliphatic carbocycles. The van der Waals surface area contributed by atoms with Crippen LogP contribution in [-0.2, 0) is 22.0 Å². The summed E-state index contributed by atoms with van der Waals surface area (Å²) in [5, 5.41) is 7.93. The molecule has 0 saturated carbocycles. The van der Waals surface area contributed by atoms with Gasteiger partial charge < -0.3 is 0 Å². The van der Waals surface area contributed by atoms with Crippen LogP contribution in [-0.4, -0.2) is 29.4 Å². The molecule has 0 atom stereocenters. The van der Waals surface area contributed by atoms with E-state index in [0.29, 0.717) is 16.3 Å². The monoisotopic (exact) mass is 359 g/mol. The average molecular weight is 359 g/mol. The number of rotatable bonds is 6. The van der Waals surface area contributed by atoms with Crippen molar-refractivity contribution in [3.63, 3.8) is 0 Å². The third kappa shape index (κ3) is 3.90. The van der Waals surface area contributed by atoms with Crippen LogP contribution in [0, 0.1) is 0 Å². The van der Waals surface area contributed by atoms with E-state index in [1.165, 1.54) is 6.20 Å². The Hall–Kier alpha value is -2.45. The van der Waals surface area contributed by atoms with Gasteiger partial charge in [0.05, 0.1) is 12.2 Å². The van der Waals surface area contributed by atoms with E-state index in [1.807, 2.05) is 6.07 Å². The Morgan fingerprint density at radius 3 is 2.46 bits per heavy atom. The van der Waals surface area contributed by atoms with Crippen LogP contribution in [0.15, 0.2) is 59.1 Å². The summed E-state index contributed by atoms with van der Waals surface area (Å²) in [5.74, 6) is -0.366. The van der Waals surface area contributed by atoms with Crippen molar-refractivity contribution in [2.24, 2.45) is 0 Å². The van der Waals surface area contributed by atoms with E-state index in [2.05, 4.69) is 15.2 Å². The number of Topliss-reactive ketones (excluding diaryl/α,β-unsaturated/α-hetero) is 1. The van der Waals surface area contributed by atoms with E-state index in [-0.39, 0.29) is 22.3 Å². The second-order valence-corrected chi connectivity index (χ2v) is 8.25. The van der Waals surface area contributed by atoms with Gasteiger partial charge in [0, 0.05) is 6.20 Å². The van der Waals surface area contributed by atoms with E-state index >= 15 is 0 Å². The van der Waals surface area contributed by atoms with Gasteiger partial charge in [0.15, 0.2) is 5.78 Å². The molecule has 122 valence electrons. The maximum atomic E-state index is 12.4. The van der Waals surface area contributed by atoms with Gasteiger partial charge in [0.25, 0.3) is 0 Å². The fraction of sp³-hybridized carbons (Fsp3) is 0.125. The van der Waals surface area contributed by atoms with Crippen molar-refractivity contribution in [1.82, 2.24) is 15.2 Å². The SMILES string of the molecule is O=C(Cc1nnc(S(=O)(=O)Cc2ccccc2)s1)c1ccccn1. The molecule has 0 radical (unpaired) electrons. The lowest BCUT2D eigenvalue weighted by Crippen LogP contribution is -2.05. The van der Waals surface area contributed by atoms with Crippen molar-refractivity contribution in [1.29, 1.82) is 0 Å². The van der Waals surface area contributed by atoms with Crippen LogP contribution in [0.3, 0.4) is 0 Å². The molecule has 6 nitrogen and oxygen atoms in total. The maximum Gasteiger partial charge on any atom is 0.232 e. The molecule has 1 aromatic carbocycles. The number of hydrogen-bond donors (Lipinski definition) is 0. The molecule has 2 heterocycles. The number of carbonyl (C=O) groups is 1. The van der Waals surface area contributed by atoms with Gasteiger partial charge in [0.2, 0.25) is 14.2 Å². The number of ketones is 1. The first-order valence-corrected chi connectivity index (χ1v) is 9.55. The highest BCUT2D eigenvalue weighted by molar-refractivity contribution is 7.92. The van der Waals surface area contributed by atoms with Gasteiger partial charge in [-0.15, -0.1) is 10.2 Å². The predicted octanol–water partition coefficient (Wildman–Crippen LogP) is 2.33. The van der Waals surface area contributed by atoms with Crippen LogP contribution in [0.1, 0.15) is 21.1 Å². The smallest absolute Gasteiger partial charge is 0.232 e. The molecule has 0 N–H and O–H groups in total. The summed E-state index contributed by atoms with van der Waals surface area (Å²) in [6, 6.07) is 13.9. The van der Waals surface area contributed by atoms with Crippen LogP contribution in [0.4, 0.5) is 0 Å². The van der Waals surface area contributed by atoms with Gasteiger partial charge in [-0.25, -0.2) is 8.42 Å². The molecule has 8 heteroatoms. The molecule has 2 aromatic heterocycles. The number of benzene rings is 1. The first-order valence-electron chi connectivity index (χ1n) is 7.08. The average Bonchev–Trinajstić information content (AvgIpc) is 3.06. The first kappa shape index (κ1) is 16.4. The van der Waals surface area contributed by atoms with Crippen molar-refractivity contribution in [3.8, 4) is 0 Å². The summed E-state index contributed by atoms with van der Waals surface area (Å²) in [6.45, 7) is 0. The highest BCUT2D eigenvalue weighted by atomic mass is 32.2. The van der Waals surface area contributed by atoms with Gasteiger partial charge in [-0.05, 0) is 17.7 Å². The van der Waals surface area contributed by atoms with Gasteiger partial charge in [-0.1, -0.05) is 47.7 Å². The molecule has 0 spiro atoms. The van der Waals surface area contributed by atoms with E-state index in [9.17, 15) is 13.2 Å². The standard InChI is InChI=1S/C16H13N3O3S2/c20-14(13-8-4-5-9-17-13)10-15-18-19-16(23-15)24(21,22)11-12-6-2-1-3-7-12/h1-9H,10-11H2. The summed E-state index contributed by atoms with van der Waals surface area (Å²) >= 11 is 0.923. The molecule has 0 bridgehead atoms. The third-order valence-electron chi connectivity index (χ3n) is 3.18. The predicted molar refractivity (Wildman–Crippen MR) is 89.5 cm³/mol. The maximum absolute atomic E-state index is 12.4. The second kappa shape index (κ2) is 6.98. The zero-order valence-electron chi connectivity index (χ0n) is 12.5. The van der Waals surface area contributed by atoms with Crippen molar-refractivity contribution in [3.05, 3.63) is 71.0 Å². The second-order valence-electron chi connectivity index (χ2n) is 5.02. The molecule has 0 aliphatic rings. The molecule has 0 aliphatic heterocycles. The minimum absolute atomic E-state index is 0.0183. The Labute approximate surface area is 143 Å². The molecule has 0 saturated heterocycles. The van der Waals surface area contributed by atoms with E-state index < -0.39 is 9.84 Å². The Morgan fingerprint density at radius 1 is 1.00 bits per heavy atom. The fourth-order valence-electron chi connectivity index (χ4n) is 2.05. The largest absolute Gasteiger partial charge is 0.292 e. The van der Waals surface area contributed by atoms with Crippen LogP contribution in [0.2, 0.25) is 0 Å². The normalized spacial score (nSPS) is 11.3. The Kier molecular flexibility index (Phi) is 4.77. The van der Waals surface area contributed by atoms with Crippen LogP contribution in [0.25, 0.3) is 0 Å². The fourth-order valence-corrected chi connectivity index (χ4v) is 4.51. The van der Waals surface area contributed by atoms with E-state index in [1.54, 1.807) is 42.5 Å². The summed E-state index contributed by atoms with van der Waals surface area (Å²) in [4.78, 5) is 16.1. The van der Waals surface area contributed by atoms with Crippen LogP contribution >= 0.6 is 11.3 Å². The molecule has 3 aromatic rings. The van der Waals surface area contributed by atoms with E-state index in [4.69, 9.17) is 0 Å². The zero-order valence-corrected chi connectivity index (χ0v) is 14.1. The van der Waals surface area contributed by atoms with Gasteiger partial charge in [0.1, 0.15) is 10.7 Å². The van der Waals surface area contributed by atoms with Crippen molar-refractivity contribution in [2.75, 3.05) is 0 Å². The summed E-state index contributed by atoms with van der Waals surface area (Å²) in [5.41, 5.74) is 1.00. The Morgan fingerprint density at radius 2 is 1.75 bits per heavy atom. The Balaban J connectivity index is 1.74. The summed E-state index contributed by atoms with van der Waals surface area (Å²) in [7, 11) is -3.57. The number of carbonyl (C=O) groups excluding carboxylic acids is 1. The number of sulfone groups is 1. The quantitative estimate of drug-likeness (QED) is 0.628. The zero-order chi connectivity index (χ0) is 17.0. The lowest BCUT2D eigenvalue weighted by molar-refractivity contribution is 0.0988. The van der Waals surface area contributed by atoms with E-state index in [0.717, 1.165) is 11.3 Å². The van der Waals surface area contributed by atoms with Crippen molar-refractivity contribution >= 4 is 27.0 Å². The summed E-state index contributed by atoms with van der Waals surface area (Å²) < 4.78 is 24.7. The lowest BCUT2D eigenvalue weighted by atomic mass is 10.2. The third-order valence-corrected chi connectivity index (χ3v) is 6.23. The molecular formula is C16H13N3O3S2. The molecule has 24 heavy (non-hydrogen) atoms. The van der Waals surface area contributed by atoms with Gasteiger partial charge in [-0.3, -0.25) is 9.78 Å². The molecule has 0 unspecified atom stereocenters. The molecule has 0 fully saturated rings. The highest BCUT2D eigenvalue weighted by Crippen LogP contribution is 2.21. The number of pyridine rings is 1. The van der Waals surface area contributed by atoms with Gasteiger partial charge in [-0.2, -0.15) is 0 Å². The minimum Gasteiger partial charge on any atom is -0.292 e. The minimum atomic E-state index is -3.57.